The molecule has 3 nitrogen and oxygen atoms in total. The molecule has 0 saturated heterocycles. The van der Waals surface area contributed by atoms with Gasteiger partial charge in [-0.2, -0.15) is 5.26 Å². The normalized spacial score (nSPS) is 17.9. The van der Waals surface area contributed by atoms with E-state index in [0.717, 1.165) is 13.0 Å². The number of hydrogen-bond donors (Lipinski definition) is 1. The molecule has 1 N–H and O–H groups in total. The van der Waals surface area contributed by atoms with E-state index in [1.54, 1.807) is 0 Å². The molecule has 0 saturated carbocycles. The smallest absolute Gasteiger partial charge is 0.105 e. The molecule has 2 atom stereocenters. The van der Waals surface area contributed by atoms with Gasteiger partial charge in [0.2, 0.25) is 0 Å². The first-order valence-corrected chi connectivity index (χ1v) is 4.79. The van der Waals surface area contributed by atoms with Crippen LogP contribution < -0.4 is 5.32 Å². The van der Waals surface area contributed by atoms with Crippen LogP contribution in [0.2, 0.25) is 0 Å². The van der Waals surface area contributed by atoms with Crippen molar-refractivity contribution in [1.29, 1.82) is 5.26 Å². The first kappa shape index (κ1) is 12.4. The van der Waals surface area contributed by atoms with Crippen LogP contribution in [0, 0.1) is 11.3 Å². The van der Waals surface area contributed by atoms with Crippen molar-refractivity contribution in [2.24, 2.45) is 0 Å². The largest absolute Gasteiger partial charge is 0.304 e. The van der Waals surface area contributed by atoms with Gasteiger partial charge in [0.25, 0.3) is 0 Å². The van der Waals surface area contributed by atoms with Crippen LogP contribution in [0.5, 0.6) is 0 Å². The Labute approximate surface area is 81.7 Å². The van der Waals surface area contributed by atoms with Crippen molar-refractivity contribution in [3.63, 3.8) is 0 Å². The lowest BCUT2D eigenvalue weighted by Gasteiger charge is -2.30. The molecule has 3 heteroatoms. The summed E-state index contributed by atoms with van der Waals surface area (Å²) in [6.07, 6.45) is 0.852. The van der Waals surface area contributed by atoms with Gasteiger partial charge in [-0.15, -0.1) is 0 Å². The Bertz CT molecular complexity index is 185. The van der Waals surface area contributed by atoms with Gasteiger partial charge in [-0.3, -0.25) is 0 Å². The quantitative estimate of drug-likeness (QED) is 0.696. The highest BCUT2D eigenvalue weighted by Crippen LogP contribution is 2.13. The first-order valence-electron chi connectivity index (χ1n) is 4.79. The lowest BCUT2D eigenvalue weighted by Crippen LogP contribution is -2.44. The molecule has 0 radical (unpaired) electrons. The highest BCUT2D eigenvalue weighted by molar-refractivity contribution is 5.04. The van der Waals surface area contributed by atoms with E-state index in [1.807, 2.05) is 14.0 Å². The van der Waals surface area contributed by atoms with Gasteiger partial charge in [0.1, 0.15) is 5.54 Å². The molecule has 0 amide bonds. The van der Waals surface area contributed by atoms with Crippen LogP contribution in [0.3, 0.4) is 0 Å². The van der Waals surface area contributed by atoms with Crippen molar-refractivity contribution in [3.8, 4) is 6.07 Å². The third-order valence-corrected chi connectivity index (χ3v) is 2.75. The predicted molar refractivity (Wildman–Crippen MR) is 55.5 cm³/mol. The van der Waals surface area contributed by atoms with Gasteiger partial charge in [-0.05, 0) is 40.9 Å². The number of nitriles is 1. The molecule has 0 aliphatic carbocycles. The molecule has 0 fully saturated rings. The standard InChI is InChI=1S/C10H21N3/c1-6-13(5)9(2)7-10(3,8-11)12-4/h9,12H,6-7H2,1-5H3. The highest BCUT2D eigenvalue weighted by Gasteiger charge is 2.25. The molecule has 2 unspecified atom stereocenters. The third-order valence-electron chi connectivity index (χ3n) is 2.75. The Morgan fingerprint density at radius 1 is 1.62 bits per heavy atom. The summed E-state index contributed by atoms with van der Waals surface area (Å²) in [5.74, 6) is 0. The van der Waals surface area contributed by atoms with Crippen molar-refractivity contribution in [2.45, 2.75) is 38.8 Å². The summed E-state index contributed by atoms with van der Waals surface area (Å²) in [7, 11) is 3.92. The van der Waals surface area contributed by atoms with Crippen molar-refractivity contribution in [3.05, 3.63) is 0 Å². The van der Waals surface area contributed by atoms with Crippen LogP contribution in [-0.2, 0) is 0 Å². The Kier molecular flexibility index (Phi) is 4.97. The maximum Gasteiger partial charge on any atom is 0.105 e. The Hall–Kier alpha value is -0.590. The zero-order valence-electron chi connectivity index (χ0n) is 9.39. The minimum Gasteiger partial charge on any atom is -0.304 e. The maximum atomic E-state index is 8.96. The van der Waals surface area contributed by atoms with Crippen molar-refractivity contribution in [1.82, 2.24) is 10.2 Å². The average molecular weight is 183 g/mol. The molecule has 0 aliphatic rings. The monoisotopic (exact) mass is 183 g/mol. The highest BCUT2D eigenvalue weighted by atomic mass is 15.1. The summed E-state index contributed by atoms with van der Waals surface area (Å²) in [4.78, 5) is 2.24. The van der Waals surface area contributed by atoms with E-state index in [2.05, 4.69) is 37.2 Å². The van der Waals surface area contributed by atoms with E-state index < -0.39 is 5.54 Å². The van der Waals surface area contributed by atoms with Gasteiger partial charge in [0.15, 0.2) is 0 Å². The molecule has 0 rings (SSSR count). The van der Waals surface area contributed by atoms with E-state index in [-0.39, 0.29) is 0 Å². The van der Waals surface area contributed by atoms with Crippen molar-refractivity contribution in [2.75, 3.05) is 20.6 Å². The molecular formula is C10H21N3. The van der Waals surface area contributed by atoms with Gasteiger partial charge in [0.05, 0.1) is 6.07 Å². The van der Waals surface area contributed by atoms with E-state index in [9.17, 15) is 0 Å². The molecule has 0 spiro atoms. The van der Waals surface area contributed by atoms with Crippen molar-refractivity contribution < 1.29 is 0 Å². The van der Waals surface area contributed by atoms with E-state index >= 15 is 0 Å². The molecule has 76 valence electrons. The topological polar surface area (TPSA) is 39.1 Å². The van der Waals surface area contributed by atoms with Crippen molar-refractivity contribution >= 4 is 0 Å². The number of nitrogens with one attached hydrogen (secondary N) is 1. The number of nitrogens with zero attached hydrogens (tertiary/aromatic N) is 2. The van der Waals surface area contributed by atoms with Crippen LogP contribution in [0.15, 0.2) is 0 Å². The maximum absolute atomic E-state index is 8.96. The predicted octanol–water partition coefficient (Wildman–Crippen LogP) is 1.22. The van der Waals surface area contributed by atoms with E-state index in [4.69, 9.17) is 5.26 Å². The summed E-state index contributed by atoms with van der Waals surface area (Å²) in [5, 5.41) is 12.0. The first-order chi connectivity index (χ1) is 5.99. The second-order valence-electron chi connectivity index (χ2n) is 3.82. The van der Waals surface area contributed by atoms with Crippen LogP contribution in [0.4, 0.5) is 0 Å². The van der Waals surface area contributed by atoms with Gasteiger partial charge < -0.3 is 10.2 Å². The zero-order chi connectivity index (χ0) is 10.5. The van der Waals surface area contributed by atoms with Gasteiger partial charge in [-0.1, -0.05) is 6.92 Å². The Morgan fingerprint density at radius 3 is 2.46 bits per heavy atom. The molecule has 0 aliphatic heterocycles. The lowest BCUT2D eigenvalue weighted by molar-refractivity contribution is 0.226. The molecule has 0 aromatic heterocycles. The van der Waals surface area contributed by atoms with Crippen LogP contribution in [0.25, 0.3) is 0 Å². The Morgan fingerprint density at radius 2 is 2.15 bits per heavy atom. The molecular weight excluding hydrogens is 162 g/mol. The summed E-state index contributed by atoms with van der Waals surface area (Å²) >= 11 is 0. The third kappa shape index (κ3) is 3.75. The Balaban J connectivity index is 4.18. The van der Waals surface area contributed by atoms with Gasteiger partial charge >= 0.3 is 0 Å². The average Bonchev–Trinajstić information content (AvgIpc) is 2.16. The summed E-state index contributed by atoms with van der Waals surface area (Å²) in [6, 6.07) is 2.73. The van der Waals surface area contributed by atoms with Crippen LogP contribution in [-0.4, -0.2) is 37.1 Å². The molecule has 13 heavy (non-hydrogen) atoms. The number of rotatable bonds is 5. The minimum atomic E-state index is -0.400. The fourth-order valence-corrected chi connectivity index (χ4v) is 1.26. The lowest BCUT2D eigenvalue weighted by atomic mass is 9.95. The van der Waals surface area contributed by atoms with Crippen LogP contribution >= 0.6 is 0 Å². The fourth-order valence-electron chi connectivity index (χ4n) is 1.26. The summed E-state index contributed by atoms with van der Waals surface area (Å²) < 4.78 is 0. The molecule has 0 heterocycles. The van der Waals surface area contributed by atoms with Crippen LogP contribution in [0.1, 0.15) is 27.2 Å². The zero-order valence-corrected chi connectivity index (χ0v) is 9.39. The molecule has 0 bridgehead atoms. The summed E-state index contributed by atoms with van der Waals surface area (Å²) in [6.45, 7) is 7.23. The molecule has 0 aromatic carbocycles. The second kappa shape index (κ2) is 5.21. The van der Waals surface area contributed by atoms with Gasteiger partial charge in [-0.25, -0.2) is 0 Å². The molecule has 0 aromatic rings. The second-order valence-corrected chi connectivity index (χ2v) is 3.82. The minimum absolute atomic E-state index is 0.400. The number of hydrogen-bond acceptors (Lipinski definition) is 3. The van der Waals surface area contributed by atoms with E-state index in [0.29, 0.717) is 6.04 Å². The van der Waals surface area contributed by atoms with Gasteiger partial charge in [0, 0.05) is 6.04 Å². The fraction of sp³-hybridized carbons (Fsp3) is 0.900. The van der Waals surface area contributed by atoms with E-state index in [1.165, 1.54) is 0 Å². The SMILES string of the molecule is CCN(C)C(C)CC(C)(C#N)NC. The summed E-state index contributed by atoms with van der Waals surface area (Å²) in [5.41, 5.74) is -0.400.